The van der Waals surface area contributed by atoms with Crippen LogP contribution in [0.3, 0.4) is 0 Å². The third-order valence-electron chi connectivity index (χ3n) is 1.85. The van der Waals surface area contributed by atoms with Gasteiger partial charge in [-0.15, -0.1) is 0 Å². The van der Waals surface area contributed by atoms with Crippen molar-refractivity contribution in [2.24, 2.45) is 11.5 Å². The quantitative estimate of drug-likeness (QED) is 0.416. The molecule has 0 aliphatic carbocycles. The Bertz CT molecular complexity index is 407. The molecular weight excluding hydrogens is 244 g/mol. The second-order valence-corrected chi connectivity index (χ2v) is 3.25. The maximum absolute atomic E-state index is 10.7. The molecule has 0 spiro atoms. The van der Waals surface area contributed by atoms with E-state index in [4.69, 9.17) is 21.7 Å². The molecular formula is C10H12N2O6. The van der Waals surface area contributed by atoms with E-state index in [1.807, 2.05) is 0 Å². The Hall–Kier alpha value is -2.64. The summed E-state index contributed by atoms with van der Waals surface area (Å²) in [4.78, 5) is 42.5. The number of aliphatic carboxylic acids is 2. The zero-order valence-corrected chi connectivity index (χ0v) is 9.25. The van der Waals surface area contributed by atoms with E-state index in [0.29, 0.717) is 12.2 Å². The fourth-order valence-corrected chi connectivity index (χ4v) is 1.09. The summed E-state index contributed by atoms with van der Waals surface area (Å²) in [6.45, 7) is 0. The van der Waals surface area contributed by atoms with Crippen molar-refractivity contribution in [1.82, 2.24) is 0 Å². The minimum absolute atomic E-state index is 0.260. The van der Waals surface area contributed by atoms with Crippen LogP contribution in [0.2, 0.25) is 0 Å². The molecule has 0 aliphatic heterocycles. The molecule has 0 fully saturated rings. The number of rotatable bonds is 7. The van der Waals surface area contributed by atoms with E-state index in [1.54, 1.807) is 0 Å². The molecule has 0 radical (unpaired) electrons. The number of carboxylic acids is 2. The molecule has 0 heterocycles. The van der Waals surface area contributed by atoms with Gasteiger partial charge in [0.2, 0.25) is 11.8 Å². The van der Waals surface area contributed by atoms with Gasteiger partial charge in [-0.2, -0.15) is 0 Å². The van der Waals surface area contributed by atoms with Crippen LogP contribution in [-0.2, 0) is 19.2 Å². The van der Waals surface area contributed by atoms with E-state index in [2.05, 4.69) is 0 Å². The summed E-state index contributed by atoms with van der Waals surface area (Å²) in [5, 5.41) is 17.4. The van der Waals surface area contributed by atoms with Crippen molar-refractivity contribution in [3.63, 3.8) is 0 Å². The molecule has 98 valence electrons. The topological polar surface area (TPSA) is 161 Å². The number of hydrogen-bond acceptors (Lipinski definition) is 4. The van der Waals surface area contributed by atoms with Crippen LogP contribution in [0.5, 0.6) is 0 Å². The second kappa shape index (κ2) is 6.84. The number of carbonyl (C=O) groups is 4. The third-order valence-corrected chi connectivity index (χ3v) is 1.85. The average molecular weight is 256 g/mol. The summed E-state index contributed by atoms with van der Waals surface area (Å²) in [5.74, 6) is -4.69. The molecule has 0 aliphatic rings. The van der Waals surface area contributed by atoms with Crippen LogP contribution in [0, 0.1) is 0 Å². The molecule has 0 atom stereocenters. The number of primary amides is 2. The van der Waals surface area contributed by atoms with Crippen molar-refractivity contribution >= 4 is 23.8 Å². The monoisotopic (exact) mass is 256 g/mol. The Labute approximate surface area is 102 Å². The maximum Gasteiger partial charge on any atom is 0.331 e. The van der Waals surface area contributed by atoms with Gasteiger partial charge in [0.05, 0.1) is 0 Å². The van der Waals surface area contributed by atoms with Gasteiger partial charge in [-0.05, 0) is 12.8 Å². The molecule has 0 bridgehead atoms. The number of hydrogen-bond donors (Lipinski definition) is 4. The van der Waals surface area contributed by atoms with E-state index in [1.165, 1.54) is 0 Å². The lowest BCUT2D eigenvalue weighted by Gasteiger charge is -2.03. The molecule has 0 aromatic heterocycles. The number of nitrogens with two attached hydrogens (primary N) is 2. The molecule has 6 N–H and O–H groups in total. The van der Waals surface area contributed by atoms with Crippen LogP contribution < -0.4 is 11.5 Å². The lowest BCUT2D eigenvalue weighted by Crippen LogP contribution is -2.13. The Balaban J connectivity index is 4.89. The summed E-state index contributed by atoms with van der Waals surface area (Å²) in [6.07, 6.45) is 0.853. The van der Waals surface area contributed by atoms with Crippen LogP contribution >= 0.6 is 0 Å². The van der Waals surface area contributed by atoms with Crippen LogP contribution in [0.4, 0.5) is 0 Å². The van der Waals surface area contributed by atoms with Gasteiger partial charge in [-0.3, -0.25) is 9.59 Å². The van der Waals surface area contributed by atoms with E-state index >= 15 is 0 Å². The first kappa shape index (κ1) is 15.4. The Morgan fingerprint density at radius 1 is 0.778 bits per heavy atom. The largest absolute Gasteiger partial charge is 0.478 e. The van der Waals surface area contributed by atoms with Crippen molar-refractivity contribution in [3.8, 4) is 0 Å². The highest BCUT2D eigenvalue weighted by atomic mass is 16.4. The summed E-state index contributed by atoms with van der Waals surface area (Å²) in [5.41, 5.74) is 8.89. The summed E-state index contributed by atoms with van der Waals surface area (Å²) >= 11 is 0. The number of carboxylic acid groups (broad SMARTS) is 2. The third kappa shape index (κ3) is 6.05. The summed E-state index contributed by atoms with van der Waals surface area (Å²) in [7, 11) is 0. The van der Waals surface area contributed by atoms with Crippen molar-refractivity contribution in [3.05, 3.63) is 23.3 Å². The lowest BCUT2D eigenvalue weighted by molar-refractivity contribution is -0.134. The van der Waals surface area contributed by atoms with Crippen LogP contribution in [0.25, 0.3) is 0 Å². The SMILES string of the molecule is NC(=O)/C=C(\CC/C(=C\C(N)=O)C(=O)O)C(=O)O. The molecule has 0 aromatic rings. The Kier molecular flexibility index (Phi) is 5.84. The van der Waals surface area contributed by atoms with E-state index in [9.17, 15) is 19.2 Å². The van der Waals surface area contributed by atoms with Crippen LogP contribution in [0.1, 0.15) is 12.8 Å². The minimum atomic E-state index is -1.39. The number of carbonyl (C=O) groups excluding carboxylic acids is 2. The van der Waals surface area contributed by atoms with Crippen LogP contribution in [-0.4, -0.2) is 34.0 Å². The fourth-order valence-electron chi connectivity index (χ4n) is 1.09. The first-order valence-electron chi connectivity index (χ1n) is 4.70. The van der Waals surface area contributed by atoms with E-state index in [0.717, 1.165) is 0 Å². The van der Waals surface area contributed by atoms with E-state index < -0.39 is 23.8 Å². The zero-order valence-electron chi connectivity index (χ0n) is 9.25. The highest BCUT2D eigenvalue weighted by Gasteiger charge is 2.14. The molecule has 0 saturated heterocycles. The zero-order chi connectivity index (χ0) is 14.3. The first-order valence-corrected chi connectivity index (χ1v) is 4.70. The molecule has 0 aromatic carbocycles. The molecule has 8 nitrogen and oxygen atoms in total. The predicted octanol–water partition coefficient (Wildman–Crippen LogP) is -1.24. The average Bonchev–Trinajstić information content (AvgIpc) is 2.20. The van der Waals surface area contributed by atoms with Gasteiger partial charge in [0.25, 0.3) is 0 Å². The highest BCUT2D eigenvalue weighted by Crippen LogP contribution is 2.12. The van der Waals surface area contributed by atoms with Gasteiger partial charge < -0.3 is 21.7 Å². The molecule has 8 heteroatoms. The number of amides is 2. The van der Waals surface area contributed by atoms with Gasteiger partial charge in [0.1, 0.15) is 0 Å². The van der Waals surface area contributed by atoms with Crippen LogP contribution in [0.15, 0.2) is 23.3 Å². The lowest BCUT2D eigenvalue weighted by atomic mass is 10.0. The Morgan fingerprint density at radius 3 is 1.22 bits per heavy atom. The van der Waals surface area contributed by atoms with Gasteiger partial charge in [-0.1, -0.05) is 0 Å². The highest BCUT2D eigenvalue weighted by molar-refractivity contribution is 5.98. The molecule has 0 unspecified atom stereocenters. The van der Waals surface area contributed by atoms with Crippen molar-refractivity contribution < 1.29 is 29.4 Å². The standard InChI is InChI=1S/C10H12N2O6/c11-7(13)3-5(9(15)16)1-2-6(10(17)18)4-8(12)14/h3-4H,1-2H2,(H2,11,13)(H2,12,14)(H,15,16)(H,17,18)/b5-3+,6-4+. The fraction of sp³-hybridized carbons (Fsp3) is 0.200. The van der Waals surface area contributed by atoms with Crippen molar-refractivity contribution in [2.75, 3.05) is 0 Å². The molecule has 18 heavy (non-hydrogen) atoms. The summed E-state index contributed by atoms with van der Waals surface area (Å²) in [6, 6.07) is 0. The molecule has 0 rings (SSSR count). The van der Waals surface area contributed by atoms with E-state index in [-0.39, 0.29) is 24.0 Å². The summed E-state index contributed by atoms with van der Waals surface area (Å²) < 4.78 is 0. The predicted molar refractivity (Wildman–Crippen MR) is 59.1 cm³/mol. The van der Waals surface area contributed by atoms with Gasteiger partial charge in [-0.25, -0.2) is 9.59 Å². The minimum Gasteiger partial charge on any atom is -0.478 e. The maximum atomic E-state index is 10.7. The Morgan fingerprint density at radius 2 is 1.06 bits per heavy atom. The van der Waals surface area contributed by atoms with Gasteiger partial charge >= 0.3 is 11.9 Å². The normalized spacial score (nSPS) is 12.0. The first-order chi connectivity index (χ1) is 8.23. The van der Waals surface area contributed by atoms with Gasteiger partial charge in [0, 0.05) is 23.3 Å². The second-order valence-electron chi connectivity index (χ2n) is 3.25. The van der Waals surface area contributed by atoms with Crippen molar-refractivity contribution in [1.29, 1.82) is 0 Å². The molecule has 0 saturated carbocycles. The smallest absolute Gasteiger partial charge is 0.331 e. The van der Waals surface area contributed by atoms with Crippen molar-refractivity contribution in [2.45, 2.75) is 12.8 Å². The molecule has 2 amide bonds. The van der Waals surface area contributed by atoms with Gasteiger partial charge in [0.15, 0.2) is 0 Å².